The Hall–Kier alpha value is -1.26. The van der Waals surface area contributed by atoms with Gasteiger partial charge in [0.15, 0.2) is 0 Å². The third kappa shape index (κ3) is 4.68. The molecule has 134 valence electrons. The number of ether oxygens (including phenoxy) is 1. The Kier molecular flexibility index (Phi) is 6.24. The van der Waals surface area contributed by atoms with E-state index in [0.29, 0.717) is 22.5 Å². The largest absolute Gasteiger partial charge is 0.497 e. The monoisotopic (exact) mass is 379 g/mol. The third-order valence-electron chi connectivity index (χ3n) is 4.84. The van der Waals surface area contributed by atoms with Gasteiger partial charge in [-0.1, -0.05) is 35.3 Å². The van der Waals surface area contributed by atoms with Crippen LogP contribution in [0, 0.1) is 5.92 Å². The molecule has 3 rings (SSSR count). The maximum absolute atomic E-state index is 10.3. The van der Waals surface area contributed by atoms with Crippen molar-refractivity contribution in [3.8, 4) is 5.75 Å². The van der Waals surface area contributed by atoms with Crippen LogP contribution in [0.3, 0.4) is 0 Å². The smallest absolute Gasteiger partial charge is 0.119 e. The summed E-state index contributed by atoms with van der Waals surface area (Å²) < 4.78 is 5.33. The normalized spacial score (nSPS) is 17.8. The number of fused-ring (bicyclic) bond motifs is 1. The fourth-order valence-electron chi connectivity index (χ4n) is 3.37. The molecule has 5 heteroatoms. The molecular formula is C20H23Cl2NO2. The number of aliphatic hydroxyl groups is 1. The minimum atomic E-state index is -0.592. The molecule has 3 nitrogen and oxygen atoms in total. The van der Waals surface area contributed by atoms with Crippen LogP contribution in [0.15, 0.2) is 36.4 Å². The molecule has 0 heterocycles. The van der Waals surface area contributed by atoms with Crippen molar-refractivity contribution >= 4 is 23.2 Å². The van der Waals surface area contributed by atoms with E-state index in [1.165, 1.54) is 11.1 Å². The summed E-state index contributed by atoms with van der Waals surface area (Å²) in [6.07, 6.45) is 2.71. The van der Waals surface area contributed by atoms with Crippen LogP contribution in [0.5, 0.6) is 5.75 Å². The van der Waals surface area contributed by atoms with Crippen LogP contribution in [-0.2, 0) is 12.8 Å². The van der Waals surface area contributed by atoms with Crippen LogP contribution < -0.4 is 10.1 Å². The number of rotatable bonds is 6. The van der Waals surface area contributed by atoms with Gasteiger partial charge in [-0.05, 0) is 72.7 Å². The lowest BCUT2D eigenvalue weighted by Gasteiger charge is -2.26. The quantitative estimate of drug-likeness (QED) is 0.779. The Labute approximate surface area is 158 Å². The highest BCUT2D eigenvalue weighted by atomic mass is 35.5. The lowest BCUT2D eigenvalue weighted by molar-refractivity contribution is 0.172. The van der Waals surface area contributed by atoms with E-state index >= 15 is 0 Å². The van der Waals surface area contributed by atoms with Gasteiger partial charge >= 0.3 is 0 Å². The summed E-state index contributed by atoms with van der Waals surface area (Å²) in [4.78, 5) is 0. The van der Waals surface area contributed by atoms with Crippen molar-refractivity contribution in [3.63, 3.8) is 0 Å². The lowest BCUT2D eigenvalue weighted by Crippen LogP contribution is -2.30. The molecule has 2 aromatic rings. The van der Waals surface area contributed by atoms with Gasteiger partial charge in [0.1, 0.15) is 5.75 Å². The lowest BCUT2D eigenvalue weighted by atomic mass is 9.83. The molecule has 0 fully saturated rings. The summed E-state index contributed by atoms with van der Waals surface area (Å²) in [7, 11) is 1.70. The van der Waals surface area contributed by atoms with E-state index in [1.54, 1.807) is 19.2 Å². The number of aryl methyl sites for hydroxylation is 1. The molecule has 1 aliphatic rings. The van der Waals surface area contributed by atoms with Crippen molar-refractivity contribution in [1.82, 2.24) is 5.32 Å². The van der Waals surface area contributed by atoms with Gasteiger partial charge in [0.05, 0.1) is 23.3 Å². The molecule has 0 amide bonds. The Morgan fingerprint density at radius 2 is 2.00 bits per heavy atom. The van der Waals surface area contributed by atoms with Crippen LogP contribution in [0.2, 0.25) is 10.0 Å². The summed E-state index contributed by atoms with van der Waals surface area (Å²) in [5.74, 6) is 1.49. The molecule has 0 radical (unpaired) electrons. The zero-order valence-electron chi connectivity index (χ0n) is 14.3. The predicted octanol–water partition coefficient (Wildman–Crippen LogP) is 4.43. The highest BCUT2D eigenvalue weighted by Gasteiger charge is 2.19. The molecule has 0 saturated carbocycles. The molecule has 0 spiro atoms. The summed E-state index contributed by atoms with van der Waals surface area (Å²) in [6, 6.07) is 11.6. The van der Waals surface area contributed by atoms with Crippen molar-refractivity contribution < 1.29 is 9.84 Å². The van der Waals surface area contributed by atoms with Crippen molar-refractivity contribution in [2.45, 2.75) is 25.4 Å². The third-order valence-corrected chi connectivity index (χ3v) is 5.58. The molecule has 0 aliphatic heterocycles. The van der Waals surface area contributed by atoms with Crippen molar-refractivity contribution in [2.24, 2.45) is 5.92 Å². The highest BCUT2D eigenvalue weighted by Crippen LogP contribution is 2.29. The topological polar surface area (TPSA) is 41.5 Å². The maximum atomic E-state index is 10.3. The van der Waals surface area contributed by atoms with Crippen LogP contribution >= 0.6 is 23.2 Å². The minimum absolute atomic E-state index is 0.469. The molecular weight excluding hydrogens is 357 g/mol. The summed E-state index contributed by atoms with van der Waals surface area (Å²) in [6.45, 7) is 1.38. The summed E-state index contributed by atoms with van der Waals surface area (Å²) in [5, 5.41) is 14.7. The van der Waals surface area contributed by atoms with E-state index in [0.717, 1.165) is 37.1 Å². The first-order valence-corrected chi connectivity index (χ1v) is 9.32. The molecule has 25 heavy (non-hydrogen) atoms. The molecule has 2 unspecified atom stereocenters. The molecule has 2 atom stereocenters. The number of aliphatic hydroxyl groups excluding tert-OH is 1. The van der Waals surface area contributed by atoms with Crippen LogP contribution in [0.25, 0.3) is 0 Å². The fraction of sp³-hybridized carbons (Fsp3) is 0.400. The number of benzene rings is 2. The summed E-state index contributed by atoms with van der Waals surface area (Å²) >= 11 is 11.9. The van der Waals surface area contributed by atoms with Gasteiger partial charge in [-0.25, -0.2) is 0 Å². The van der Waals surface area contributed by atoms with Crippen molar-refractivity contribution in [3.05, 3.63) is 63.1 Å². The van der Waals surface area contributed by atoms with Gasteiger partial charge in [0, 0.05) is 6.54 Å². The molecule has 2 N–H and O–H groups in total. The Bertz CT molecular complexity index is 736. The SMILES string of the molecule is COc1ccc2c(c1)CC(CNCC(O)c1ccc(Cl)c(Cl)c1)CC2. The van der Waals surface area contributed by atoms with Gasteiger partial charge in [-0.2, -0.15) is 0 Å². The number of hydrogen-bond donors (Lipinski definition) is 2. The molecule has 1 aliphatic carbocycles. The van der Waals surface area contributed by atoms with Crippen LogP contribution in [-0.4, -0.2) is 25.3 Å². The molecule has 0 saturated heterocycles. The zero-order chi connectivity index (χ0) is 17.8. The van der Waals surface area contributed by atoms with Crippen molar-refractivity contribution in [1.29, 1.82) is 0 Å². The highest BCUT2D eigenvalue weighted by molar-refractivity contribution is 6.42. The first-order chi connectivity index (χ1) is 12.1. The second-order valence-electron chi connectivity index (χ2n) is 6.59. The molecule has 2 aromatic carbocycles. The number of halogens is 2. The van der Waals surface area contributed by atoms with E-state index in [4.69, 9.17) is 27.9 Å². The standard InChI is InChI=1S/C20H23Cl2NO2/c1-25-17-6-4-14-3-2-13(8-16(14)9-17)11-23-12-20(24)15-5-7-18(21)19(22)10-15/h4-7,9-10,13,20,23-24H,2-3,8,11-12H2,1H3. The average Bonchev–Trinajstić information content (AvgIpc) is 2.63. The van der Waals surface area contributed by atoms with E-state index < -0.39 is 6.10 Å². The minimum Gasteiger partial charge on any atom is -0.497 e. The first kappa shape index (κ1) is 18.5. The Morgan fingerprint density at radius 3 is 2.76 bits per heavy atom. The predicted molar refractivity (Wildman–Crippen MR) is 103 cm³/mol. The number of hydrogen-bond acceptors (Lipinski definition) is 3. The van der Waals surface area contributed by atoms with Crippen LogP contribution in [0.4, 0.5) is 0 Å². The second kappa shape index (κ2) is 8.41. The van der Waals surface area contributed by atoms with Gasteiger partial charge in [0.25, 0.3) is 0 Å². The van der Waals surface area contributed by atoms with E-state index in [9.17, 15) is 5.11 Å². The maximum Gasteiger partial charge on any atom is 0.119 e. The van der Waals surface area contributed by atoms with Crippen LogP contribution in [0.1, 0.15) is 29.2 Å². The fourth-order valence-corrected chi connectivity index (χ4v) is 3.68. The first-order valence-electron chi connectivity index (χ1n) is 8.56. The van der Waals surface area contributed by atoms with E-state index in [-0.39, 0.29) is 0 Å². The van der Waals surface area contributed by atoms with Gasteiger partial charge < -0.3 is 15.2 Å². The van der Waals surface area contributed by atoms with E-state index in [2.05, 4.69) is 17.4 Å². The Morgan fingerprint density at radius 1 is 1.16 bits per heavy atom. The van der Waals surface area contributed by atoms with Crippen molar-refractivity contribution in [2.75, 3.05) is 20.2 Å². The molecule has 0 aromatic heterocycles. The van der Waals surface area contributed by atoms with Gasteiger partial charge in [0.2, 0.25) is 0 Å². The average molecular weight is 380 g/mol. The number of nitrogens with one attached hydrogen (secondary N) is 1. The second-order valence-corrected chi connectivity index (χ2v) is 7.41. The van der Waals surface area contributed by atoms with Gasteiger partial charge in [-0.15, -0.1) is 0 Å². The Balaban J connectivity index is 1.51. The molecule has 0 bridgehead atoms. The van der Waals surface area contributed by atoms with Gasteiger partial charge in [-0.3, -0.25) is 0 Å². The van der Waals surface area contributed by atoms with E-state index in [1.807, 2.05) is 12.1 Å². The summed E-state index contributed by atoms with van der Waals surface area (Å²) in [5.41, 5.74) is 3.58. The number of methoxy groups -OCH3 is 1. The zero-order valence-corrected chi connectivity index (χ0v) is 15.8.